The number of fused-ring (bicyclic) bond motifs is 1. The lowest BCUT2D eigenvalue weighted by Gasteiger charge is -2.10. The summed E-state index contributed by atoms with van der Waals surface area (Å²) < 4.78 is 14.3. The minimum Gasteiger partial charge on any atom is -0.289 e. The predicted molar refractivity (Wildman–Crippen MR) is 89.7 cm³/mol. The summed E-state index contributed by atoms with van der Waals surface area (Å²) in [5.74, 6) is 0.483. The topological polar surface area (TPSA) is 34.9 Å². The summed E-state index contributed by atoms with van der Waals surface area (Å²) in [6, 6.07) is 8.91. The molecule has 0 aliphatic carbocycles. The van der Waals surface area contributed by atoms with E-state index in [0.29, 0.717) is 21.1 Å². The van der Waals surface area contributed by atoms with Gasteiger partial charge in [0.1, 0.15) is 17.3 Å². The van der Waals surface area contributed by atoms with Gasteiger partial charge in [-0.2, -0.15) is 0 Å². The number of benzene rings is 1. The average molecular weight is 337 g/mol. The Balaban J connectivity index is 2.29. The van der Waals surface area contributed by atoms with Crippen LogP contribution in [0.25, 0.3) is 21.6 Å². The number of nitrogens with zero attached hydrogens (tertiary/aromatic N) is 2. The van der Waals surface area contributed by atoms with Crippen LogP contribution in [0.3, 0.4) is 0 Å². The summed E-state index contributed by atoms with van der Waals surface area (Å²) in [5, 5.41) is 1.17. The number of hydrogen-bond acceptors (Lipinski definition) is 3. The molecule has 0 bridgehead atoms. The lowest BCUT2D eigenvalue weighted by atomic mass is 10.2. The Morgan fingerprint density at radius 3 is 2.68 bits per heavy atom. The van der Waals surface area contributed by atoms with E-state index in [1.165, 1.54) is 15.9 Å². The molecule has 0 aliphatic heterocycles. The highest BCUT2D eigenvalue weighted by atomic mass is 35.5. The molecule has 1 aromatic carbocycles. The highest BCUT2D eigenvalue weighted by Gasteiger charge is 2.15. The van der Waals surface area contributed by atoms with Gasteiger partial charge in [0.2, 0.25) is 0 Å². The maximum Gasteiger partial charge on any atom is 0.262 e. The zero-order valence-corrected chi connectivity index (χ0v) is 13.5. The Hall–Kier alpha value is -1.72. The first-order chi connectivity index (χ1) is 10.6. The summed E-state index contributed by atoms with van der Waals surface area (Å²) in [6.45, 7) is 1.42. The van der Waals surface area contributed by atoms with E-state index in [1.807, 2.05) is 13.0 Å². The van der Waals surface area contributed by atoms with E-state index in [4.69, 9.17) is 11.6 Å². The summed E-state index contributed by atoms with van der Waals surface area (Å²) in [6.07, 6.45) is 0.847. The fourth-order valence-electron chi connectivity index (χ4n) is 2.35. The normalized spacial score (nSPS) is 11.2. The first-order valence-corrected chi connectivity index (χ1v) is 8.18. The van der Waals surface area contributed by atoms with Crippen LogP contribution in [0.15, 0.2) is 35.1 Å². The van der Waals surface area contributed by atoms with E-state index in [-0.39, 0.29) is 12.1 Å². The highest BCUT2D eigenvalue weighted by Crippen LogP contribution is 2.26. The Morgan fingerprint density at radius 2 is 2.05 bits per heavy atom. The molecule has 3 nitrogen and oxygen atoms in total. The minimum absolute atomic E-state index is 0.00294. The molecule has 2 heterocycles. The number of aryl methyl sites for hydroxylation is 1. The van der Waals surface area contributed by atoms with E-state index in [0.717, 1.165) is 16.9 Å². The van der Waals surface area contributed by atoms with E-state index in [2.05, 4.69) is 4.98 Å². The molecule has 114 valence electrons. The van der Waals surface area contributed by atoms with Crippen molar-refractivity contribution in [1.82, 2.24) is 9.55 Å². The van der Waals surface area contributed by atoms with Gasteiger partial charge in [0, 0.05) is 15.5 Å². The second kappa shape index (κ2) is 6.18. The highest BCUT2D eigenvalue weighted by molar-refractivity contribution is 7.18. The standard InChI is InChI=1S/C16H14ClFN2OS/c1-2-12-9-13-15(22-12)19-14(20(8-7-18)16(13)21)10-3-5-11(17)6-4-10/h3-6,9H,2,7-8H2,1H3. The van der Waals surface area contributed by atoms with E-state index >= 15 is 0 Å². The van der Waals surface area contributed by atoms with Gasteiger partial charge in [-0.3, -0.25) is 9.36 Å². The lowest BCUT2D eigenvalue weighted by molar-refractivity contribution is 0.441. The van der Waals surface area contributed by atoms with E-state index in [9.17, 15) is 9.18 Å². The summed E-state index contributed by atoms with van der Waals surface area (Å²) in [4.78, 5) is 19.0. The molecule has 0 unspecified atom stereocenters. The summed E-state index contributed by atoms with van der Waals surface area (Å²) in [7, 11) is 0. The van der Waals surface area contributed by atoms with E-state index < -0.39 is 6.67 Å². The maximum atomic E-state index is 12.9. The van der Waals surface area contributed by atoms with Crippen molar-refractivity contribution in [2.24, 2.45) is 0 Å². The summed E-state index contributed by atoms with van der Waals surface area (Å²) >= 11 is 7.41. The SMILES string of the molecule is CCc1cc2c(=O)n(CCF)c(-c3ccc(Cl)cc3)nc2s1. The van der Waals surface area contributed by atoms with Crippen molar-refractivity contribution in [1.29, 1.82) is 0 Å². The van der Waals surface area contributed by atoms with Crippen LogP contribution in [0, 0.1) is 0 Å². The minimum atomic E-state index is -0.613. The van der Waals surface area contributed by atoms with Crippen molar-refractivity contribution in [3.8, 4) is 11.4 Å². The van der Waals surface area contributed by atoms with Crippen molar-refractivity contribution >= 4 is 33.2 Å². The molecule has 6 heteroatoms. The maximum absolute atomic E-state index is 12.9. The second-order valence-corrected chi connectivity index (χ2v) is 6.42. The molecule has 0 N–H and O–H groups in total. The van der Waals surface area contributed by atoms with Crippen LogP contribution in [-0.4, -0.2) is 16.2 Å². The van der Waals surface area contributed by atoms with Gasteiger partial charge >= 0.3 is 0 Å². The molecule has 22 heavy (non-hydrogen) atoms. The van der Waals surface area contributed by atoms with Crippen molar-refractivity contribution < 1.29 is 4.39 Å². The molecule has 0 fully saturated rings. The van der Waals surface area contributed by atoms with Gasteiger partial charge in [0.25, 0.3) is 5.56 Å². The molecule has 0 amide bonds. The van der Waals surface area contributed by atoms with Gasteiger partial charge in [-0.1, -0.05) is 18.5 Å². The predicted octanol–water partition coefficient (Wildman–Crippen LogP) is 4.31. The van der Waals surface area contributed by atoms with Gasteiger partial charge < -0.3 is 0 Å². The molecule has 0 saturated heterocycles. The van der Waals surface area contributed by atoms with Crippen LogP contribution in [0.1, 0.15) is 11.8 Å². The third-order valence-electron chi connectivity index (χ3n) is 3.46. The van der Waals surface area contributed by atoms with Gasteiger partial charge in [-0.25, -0.2) is 9.37 Å². The van der Waals surface area contributed by atoms with Gasteiger partial charge in [0.05, 0.1) is 11.9 Å². The molecular weight excluding hydrogens is 323 g/mol. The largest absolute Gasteiger partial charge is 0.289 e. The Kier molecular flexibility index (Phi) is 4.27. The molecule has 0 atom stereocenters. The number of aromatic nitrogens is 2. The number of halogens is 2. The second-order valence-electron chi connectivity index (χ2n) is 4.87. The van der Waals surface area contributed by atoms with Gasteiger partial charge in [-0.15, -0.1) is 11.3 Å². The first kappa shape index (κ1) is 15.2. The Labute approximate surface area is 136 Å². The van der Waals surface area contributed by atoms with Crippen LogP contribution in [-0.2, 0) is 13.0 Å². The third-order valence-corrected chi connectivity index (χ3v) is 4.89. The molecule has 0 radical (unpaired) electrons. The molecule has 0 spiro atoms. The van der Waals surface area contributed by atoms with Crippen molar-refractivity contribution in [3.05, 3.63) is 50.6 Å². The zero-order valence-electron chi connectivity index (χ0n) is 12.0. The van der Waals surface area contributed by atoms with Crippen LogP contribution in [0.2, 0.25) is 5.02 Å². The first-order valence-electron chi connectivity index (χ1n) is 6.99. The quantitative estimate of drug-likeness (QED) is 0.711. The lowest BCUT2D eigenvalue weighted by Crippen LogP contribution is -2.23. The van der Waals surface area contributed by atoms with Crippen LogP contribution in [0.5, 0.6) is 0 Å². The van der Waals surface area contributed by atoms with Crippen LogP contribution in [0.4, 0.5) is 4.39 Å². The van der Waals surface area contributed by atoms with Gasteiger partial charge in [0.15, 0.2) is 0 Å². The fraction of sp³-hybridized carbons (Fsp3) is 0.250. The summed E-state index contributed by atoms with van der Waals surface area (Å²) in [5.41, 5.74) is 0.562. The molecule has 2 aromatic heterocycles. The number of hydrogen-bond donors (Lipinski definition) is 0. The molecule has 0 aliphatic rings. The van der Waals surface area contributed by atoms with E-state index in [1.54, 1.807) is 24.3 Å². The Morgan fingerprint density at radius 1 is 1.32 bits per heavy atom. The van der Waals surface area contributed by atoms with Crippen molar-refractivity contribution in [2.75, 3.05) is 6.67 Å². The smallest absolute Gasteiger partial charge is 0.262 e. The third kappa shape index (κ3) is 2.66. The number of rotatable bonds is 4. The van der Waals surface area contributed by atoms with Crippen LogP contribution < -0.4 is 5.56 Å². The monoisotopic (exact) mass is 336 g/mol. The van der Waals surface area contributed by atoms with Gasteiger partial charge in [-0.05, 0) is 36.8 Å². The number of alkyl halides is 1. The number of thiophene rings is 1. The molecule has 3 aromatic rings. The zero-order chi connectivity index (χ0) is 15.7. The Bertz CT molecular complexity index is 870. The molecular formula is C16H14ClFN2OS. The molecule has 0 saturated carbocycles. The fourth-order valence-corrected chi connectivity index (χ4v) is 3.44. The molecule has 3 rings (SSSR count). The van der Waals surface area contributed by atoms with Crippen molar-refractivity contribution in [2.45, 2.75) is 19.9 Å². The van der Waals surface area contributed by atoms with Crippen molar-refractivity contribution in [3.63, 3.8) is 0 Å². The van der Waals surface area contributed by atoms with Crippen LogP contribution >= 0.6 is 22.9 Å². The average Bonchev–Trinajstić information content (AvgIpc) is 2.94.